The molecule has 2 N–H and O–H groups in total. The van der Waals surface area contributed by atoms with Crippen molar-refractivity contribution in [2.45, 2.75) is 19.6 Å². The Morgan fingerprint density at radius 1 is 1.16 bits per heavy atom. The first kappa shape index (κ1) is 24.8. The lowest BCUT2D eigenvalue weighted by Crippen LogP contribution is -2.38. The van der Waals surface area contributed by atoms with E-state index in [0.29, 0.717) is 41.2 Å². The number of guanidine groups is 1. The molecule has 0 spiro atoms. The van der Waals surface area contributed by atoms with Crippen LogP contribution in [0.3, 0.4) is 0 Å². The van der Waals surface area contributed by atoms with Gasteiger partial charge in [-0.3, -0.25) is 4.99 Å². The van der Waals surface area contributed by atoms with E-state index >= 15 is 0 Å². The second-order valence-electron chi connectivity index (χ2n) is 6.11. The van der Waals surface area contributed by atoms with Crippen molar-refractivity contribution in [2.75, 3.05) is 13.6 Å². The molecule has 31 heavy (non-hydrogen) atoms. The van der Waals surface area contributed by atoms with Crippen LogP contribution in [-0.2, 0) is 13.0 Å². The zero-order valence-corrected chi connectivity index (χ0v) is 19.6. The second kappa shape index (κ2) is 12.4. The van der Waals surface area contributed by atoms with Crippen molar-refractivity contribution in [1.82, 2.24) is 20.8 Å². The Morgan fingerprint density at radius 3 is 2.61 bits per heavy atom. The highest BCUT2D eigenvalue weighted by molar-refractivity contribution is 14.0. The van der Waals surface area contributed by atoms with Crippen LogP contribution in [0.5, 0.6) is 5.75 Å². The number of ether oxygens (including phenoxy) is 1. The van der Waals surface area contributed by atoms with Crippen molar-refractivity contribution in [3.05, 3.63) is 65.0 Å². The van der Waals surface area contributed by atoms with Gasteiger partial charge in [0.25, 0.3) is 0 Å². The summed E-state index contributed by atoms with van der Waals surface area (Å²) in [5.74, 6) is 1.58. The fourth-order valence-electron chi connectivity index (χ4n) is 2.62. The summed E-state index contributed by atoms with van der Waals surface area (Å²) in [5, 5.41) is 10.8. The van der Waals surface area contributed by atoms with Crippen LogP contribution in [0.2, 0.25) is 5.02 Å². The Morgan fingerprint density at radius 2 is 1.90 bits per heavy atom. The molecule has 0 aliphatic heterocycles. The molecular formula is C20H21ClF2IN5O2. The molecule has 0 saturated heterocycles. The molecule has 0 radical (unpaired) electrons. The van der Waals surface area contributed by atoms with Crippen LogP contribution in [0.15, 0.2) is 58.0 Å². The van der Waals surface area contributed by atoms with E-state index in [9.17, 15) is 8.78 Å². The summed E-state index contributed by atoms with van der Waals surface area (Å²) in [6, 6.07) is 13.7. The van der Waals surface area contributed by atoms with Gasteiger partial charge in [-0.2, -0.15) is 13.8 Å². The molecule has 166 valence electrons. The summed E-state index contributed by atoms with van der Waals surface area (Å²) in [6.45, 7) is -2.13. The van der Waals surface area contributed by atoms with Crippen molar-refractivity contribution in [3.8, 4) is 17.1 Å². The molecule has 0 aliphatic rings. The number of rotatable bonds is 8. The monoisotopic (exact) mass is 563 g/mol. The Kier molecular flexibility index (Phi) is 9.92. The molecule has 11 heteroatoms. The maximum atomic E-state index is 12.5. The number of para-hydroxylation sites is 1. The standard InChI is InChI=1S/C20H20ClF2N5O2.HI/c1-24-20(26-12-14-4-2-3-5-16(14)29-19(22)23)25-11-10-17-27-18(28-30-17)13-6-8-15(21)9-7-13;/h2-9,19H,10-12H2,1H3,(H2,24,25,26);1H. The summed E-state index contributed by atoms with van der Waals surface area (Å²) >= 11 is 5.88. The summed E-state index contributed by atoms with van der Waals surface area (Å²) in [4.78, 5) is 8.47. The van der Waals surface area contributed by atoms with Gasteiger partial charge in [0.15, 0.2) is 5.96 Å². The molecule has 3 rings (SSSR count). The number of benzene rings is 2. The fraction of sp³-hybridized carbons (Fsp3) is 0.250. The zero-order valence-electron chi connectivity index (χ0n) is 16.5. The molecule has 0 fully saturated rings. The molecule has 0 aliphatic carbocycles. The number of alkyl halides is 2. The first-order chi connectivity index (χ1) is 14.5. The molecule has 1 heterocycles. The average Bonchev–Trinajstić information content (AvgIpc) is 3.20. The predicted molar refractivity (Wildman–Crippen MR) is 125 cm³/mol. The number of halogens is 4. The van der Waals surface area contributed by atoms with Gasteiger partial charge in [-0.15, -0.1) is 24.0 Å². The number of hydrogen-bond donors (Lipinski definition) is 2. The second-order valence-corrected chi connectivity index (χ2v) is 6.54. The SMILES string of the molecule is CN=C(NCCc1nc(-c2ccc(Cl)cc2)no1)NCc1ccccc1OC(F)F.I. The van der Waals surface area contributed by atoms with Crippen LogP contribution in [0.1, 0.15) is 11.5 Å². The van der Waals surface area contributed by atoms with Gasteiger partial charge in [-0.25, -0.2) is 0 Å². The normalized spacial score (nSPS) is 11.2. The van der Waals surface area contributed by atoms with E-state index in [4.69, 9.17) is 16.1 Å². The maximum absolute atomic E-state index is 12.5. The highest BCUT2D eigenvalue weighted by atomic mass is 127. The third-order valence-corrected chi connectivity index (χ3v) is 4.31. The largest absolute Gasteiger partial charge is 0.434 e. The van der Waals surface area contributed by atoms with E-state index in [1.165, 1.54) is 6.07 Å². The third kappa shape index (κ3) is 7.62. The first-order valence-electron chi connectivity index (χ1n) is 9.11. The molecule has 0 atom stereocenters. The van der Waals surface area contributed by atoms with Crippen molar-refractivity contribution < 1.29 is 18.0 Å². The quantitative estimate of drug-likeness (QED) is 0.238. The van der Waals surface area contributed by atoms with E-state index < -0.39 is 6.61 Å². The Labute approximate surface area is 200 Å². The Hall–Kier alpha value is -2.47. The lowest BCUT2D eigenvalue weighted by Gasteiger charge is -2.14. The molecule has 0 amide bonds. The van der Waals surface area contributed by atoms with Gasteiger partial charge in [-0.05, 0) is 30.3 Å². The van der Waals surface area contributed by atoms with Crippen LogP contribution in [0.25, 0.3) is 11.4 Å². The highest BCUT2D eigenvalue weighted by Crippen LogP contribution is 2.20. The van der Waals surface area contributed by atoms with E-state index in [1.807, 2.05) is 12.1 Å². The number of nitrogens with one attached hydrogen (secondary N) is 2. The minimum Gasteiger partial charge on any atom is -0.434 e. The van der Waals surface area contributed by atoms with Gasteiger partial charge in [0.1, 0.15) is 5.75 Å². The third-order valence-electron chi connectivity index (χ3n) is 4.06. The van der Waals surface area contributed by atoms with Crippen LogP contribution < -0.4 is 15.4 Å². The molecule has 3 aromatic rings. The molecule has 1 aromatic heterocycles. The van der Waals surface area contributed by atoms with Crippen molar-refractivity contribution >= 4 is 41.5 Å². The summed E-state index contributed by atoms with van der Waals surface area (Å²) in [5.41, 5.74) is 1.40. The Balaban J connectivity index is 0.00000341. The predicted octanol–water partition coefficient (Wildman–Crippen LogP) is 4.52. The number of aliphatic imine (C=N–C) groups is 1. The lowest BCUT2D eigenvalue weighted by atomic mass is 10.2. The topological polar surface area (TPSA) is 84.6 Å². The molecule has 0 unspecified atom stereocenters. The Bertz CT molecular complexity index is 986. The molecular weight excluding hydrogens is 543 g/mol. The van der Waals surface area contributed by atoms with Crippen molar-refractivity contribution in [2.24, 2.45) is 4.99 Å². The maximum Gasteiger partial charge on any atom is 0.387 e. The number of nitrogens with zero attached hydrogens (tertiary/aromatic N) is 3. The van der Waals surface area contributed by atoms with Gasteiger partial charge in [0.2, 0.25) is 11.7 Å². The van der Waals surface area contributed by atoms with Crippen LogP contribution in [-0.4, -0.2) is 36.3 Å². The van der Waals surface area contributed by atoms with E-state index in [-0.39, 0.29) is 36.3 Å². The van der Waals surface area contributed by atoms with Gasteiger partial charge in [-0.1, -0.05) is 35.0 Å². The summed E-state index contributed by atoms with van der Waals surface area (Å²) < 4.78 is 34.8. The highest BCUT2D eigenvalue weighted by Gasteiger charge is 2.11. The number of aromatic nitrogens is 2. The van der Waals surface area contributed by atoms with E-state index in [2.05, 4.69) is 30.5 Å². The van der Waals surface area contributed by atoms with E-state index in [0.717, 1.165) is 5.56 Å². The van der Waals surface area contributed by atoms with Crippen molar-refractivity contribution in [3.63, 3.8) is 0 Å². The summed E-state index contributed by atoms with van der Waals surface area (Å²) in [7, 11) is 1.61. The molecule has 0 saturated carbocycles. The van der Waals surface area contributed by atoms with Crippen LogP contribution >= 0.6 is 35.6 Å². The fourth-order valence-corrected chi connectivity index (χ4v) is 2.75. The number of hydrogen-bond acceptors (Lipinski definition) is 5. The van der Waals surface area contributed by atoms with Crippen molar-refractivity contribution in [1.29, 1.82) is 0 Å². The average molecular weight is 564 g/mol. The first-order valence-corrected chi connectivity index (χ1v) is 9.48. The smallest absolute Gasteiger partial charge is 0.387 e. The summed E-state index contributed by atoms with van der Waals surface area (Å²) in [6.07, 6.45) is 0.479. The lowest BCUT2D eigenvalue weighted by molar-refractivity contribution is -0.0504. The molecule has 0 bridgehead atoms. The molecule has 2 aromatic carbocycles. The van der Waals surface area contributed by atoms with E-state index in [1.54, 1.807) is 37.4 Å². The van der Waals surface area contributed by atoms with Gasteiger partial charge in [0.05, 0.1) is 0 Å². The van der Waals surface area contributed by atoms with Gasteiger partial charge in [0, 0.05) is 42.7 Å². The van der Waals surface area contributed by atoms with Gasteiger partial charge < -0.3 is 19.9 Å². The van der Waals surface area contributed by atoms with Crippen LogP contribution in [0.4, 0.5) is 8.78 Å². The molecule has 7 nitrogen and oxygen atoms in total. The minimum absolute atomic E-state index is 0. The van der Waals surface area contributed by atoms with Crippen LogP contribution in [0, 0.1) is 0 Å². The zero-order chi connectivity index (χ0) is 21.3. The van der Waals surface area contributed by atoms with Gasteiger partial charge >= 0.3 is 6.61 Å². The minimum atomic E-state index is -2.88.